The van der Waals surface area contributed by atoms with Gasteiger partial charge in [-0.2, -0.15) is 5.26 Å². The molecule has 0 aliphatic heterocycles. The summed E-state index contributed by atoms with van der Waals surface area (Å²) in [7, 11) is 0. The van der Waals surface area contributed by atoms with Crippen molar-refractivity contribution in [3.8, 4) is 6.07 Å². The van der Waals surface area contributed by atoms with Gasteiger partial charge < -0.3 is 10.4 Å². The summed E-state index contributed by atoms with van der Waals surface area (Å²) in [5.74, 6) is 0.774. The van der Waals surface area contributed by atoms with E-state index in [-0.39, 0.29) is 18.1 Å². The molecule has 1 aliphatic carbocycles. The fourth-order valence-corrected chi connectivity index (χ4v) is 2.39. The van der Waals surface area contributed by atoms with Crippen molar-refractivity contribution in [3.05, 3.63) is 23.9 Å². The highest BCUT2D eigenvalue weighted by molar-refractivity contribution is 5.40. The number of aromatic nitrogens is 1. The second-order valence-corrected chi connectivity index (χ2v) is 4.95. The van der Waals surface area contributed by atoms with E-state index in [9.17, 15) is 5.11 Å². The van der Waals surface area contributed by atoms with Gasteiger partial charge in [-0.3, -0.25) is 0 Å². The Labute approximate surface area is 101 Å². The summed E-state index contributed by atoms with van der Waals surface area (Å²) < 4.78 is 0. The zero-order chi connectivity index (χ0) is 12.3. The highest BCUT2D eigenvalue weighted by atomic mass is 16.3. The normalized spacial score (nSPS) is 27.7. The molecule has 17 heavy (non-hydrogen) atoms. The number of aliphatic hydroxyl groups is 1. The smallest absolute Gasteiger partial charge is 0.126 e. The molecule has 1 aromatic rings. The standard InChI is InChI=1S/C13H17N3O/c1-13(9-17)6-2-3-11(13)16-12-5-4-10(7-14)8-15-12/h4-5,8,11,17H,2-3,6,9H2,1H3,(H,15,16)/t11-,13+/m0/s1. The van der Waals surface area contributed by atoms with Crippen LogP contribution >= 0.6 is 0 Å². The van der Waals surface area contributed by atoms with E-state index in [2.05, 4.69) is 17.2 Å². The van der Waals surface area contributed by atoms with Crippen molar-refractivity contribution in [1.82, 2.24) is 4.98 Å². The molecule has 0 amide bonds. The number of hydrogen-bond acceptors (Lipinski definition) is 4. The molecule has 4 heteroatoms. The van der Waals surface area contributed by atoms with Gasteiger partial charge in [-0.1, -0.05) is 13.3 Å². The van der Waals surface area contributed by atoms with Crippen LogP contribution in [0.4, 0.5) is 5.82 Å². The van der Waals surface area contributed by atoms with Gasteiger partial charge in [0.15, 0.2) is 0 Å². The van der Waals surface area contributed by atoms with Gasteiger partial charge in [-0.15, -0.1) is 0 Å². The summed E-state index contributed by atoms with van der Waals surface area (Å²) in [5.41, 5.74) is 0.502. The molecule has 1 aromatic heterocycles. The maximum absolute atomic E-state index is 9.45. The van der Waals surface area contributed by atoms with Crippen molar-refractivity contribution >= 4 is 5.82 Å². The van der Waals surface area contributed by atoms with E-state index in [1.807, 2.05) is 12.1 Å². The fraction of sp³-hybridized carbons (Fsp3) is 0.538. The molecule has 4 nitrogen and oxygen atoms in total. The van der Waals surface area contributed by atoms with Crippen LogP contribution in [0.2, 0.25) is 0 Å². The third-order valence-corrected chi connectivity index (χ3v) is 3.66. The van der Waals surface area contributed by atoms with E-state index in [1.165, 1.54) is 0 Å². The number of nitrogens with zero attached hydrogens (tertiary/aromatic N) is 2. The van der Waals surface area contributed by atoms with Crippen LogP contribution in [0, 0.1) is 16.7 Å². The van der Waals surface area contributed by atoms with Gasteiger partial charge in [0.2, 0.25) is 0 Å². The highest BCUT2D eigenvalue weighted by Gasteiger charge is 2.38. The van der Waals surface area contributed by atoms with Crippen molar-refractivity contribution in [2.45, 2.75) is 32.2 Å². The monoisotopic (exact) mass is 231 g/mol. The second-order valence-electron chi connectivity index (χ2n) is 4.95. The Bertz CT molecular complexity index is 423. The van der Waals surface area contributed by atoms with Crippen molar-refractivity contribution in [2.24, 2.45) is 5.41 Å². The largest absolute Gasteiger partial charge is 0.396 e. The predicted molar refractivity (Wildman–Crippen MR) is 65.4 cm³/mol. The third-order valence-electron chi connectivity index (χ3n) is 3.66. The summed E-state index contributed by atoms with van der Waals surface area (Å²) in [6, 6.07) is 5.87. The minimum absolute atomic E-state index is 0.0599. The fourth-order valence-electron chi connectivity index (χ4n) is 2.39. The number of nitriles is 1. The van der Waals surface area contributed by atoms with Crippen LogP contribution in [0.25, 0.3) is 0 Å². The molecule has 0 aromatic carbocycles. The van der Waals surface area contributed by atoms with Crippen molar-refractivity contribution in [3.63, 3.8) is 0 Å². The average Bonchev–Trinajstić information content (AvgIpc) is 2.73. The number of hydrogen-bond donors (Lipinski definition) is 2. The molecule has 2 N–H and O–H groups in total. The molecule has 0 spiro atoms. The lowest BCUT2D eigenvalue weighted by Crippen LogP contribution is -2.36. The van der Waals surface area contributed by atoms with Gasteiger partial charge in [0.1, 0.15) is 11.9 Å². The Balaban J connectivity index is 2.08. The molecule has 2 atom stereocenters. The van der Waals surface area contributed by atoms with Gasteiger partial charge in [0.25, 0.3) is 0 Å². The number of nitrogens with one attached hydrogen (secondary N) is 1. The van der Waals surface area contributed by atoms with Crippen molar-refractivity contribution in [2.75, 3.05) is 11.9 Å². The van der Waals surface area contributed by atoms with E-state index in [0.717, 1.165) is 25.1 Å². The molecular weight excluding hydrogens is 214 g/mol. The van der Waals surface area contributed by atoms with Gasteiger partial charge in [-0.05, 0) is 25.0 Å². The molecule has 0 unspecified atom stereocenters. The SMILES string of the molecule is C[C@]1(CO)CCC[C@@H]1Nc1ccc(C#N)cn1. The first-order valence-corrected chi connectivity index (χ1v) is 5.91. The van der Waals surface area contributed by atoms with E-state index in [4.69, 9.17) is 5.26 Å². The topological polar surface area (TPSA) is 68.9 Å². The molecule has 0 bridgehead atoms. The molecule has 90 valence electrons. The number of aliphatic hydroxyl groups excluding tert-OH is 1. The van der Waals surface area contributed by atoms with Crippen molar-refractivity contribution < 1.29 is 5.11 Å². The summed E-state index contributed by atoms with van der Waals surface area (Å²) >= 11 is 0. The lowest BCUT2D eigenvalue weighted by atomic mass is 9.86. The van der Waals surface area contributed by atoms with Crippen LogP contribution in [0.3, 0.4) is 0 Å². The first-order chi connectivity index (χ1) is 8.18. The van der Waals surface area contributed by atoms with Crippen LogP contribution in [-0.2, 0) is 0 Å². The minimum atomic E-state index is -0.0599. The maximum atomic E-state index is 9.45. The Kier molecular flexibility index (Phi) is 3.30. The molecular formula is C13H17N3O. The predicted octanol–water partition coefficient (Wildman–Crippen LogP) is 1.92. The number of pyridine rings is 1. The van der Waals surface area contributed by atoms with E-state index in [1.54, 1.807) is 12.3 Å². The quantitative estimate of drug-likeness (QED) is 0.833. The van der Waals surface area contributed by atoms with Crippen LogP contribution in [0.5, 0.6) is 0 Å². The molecule has 1 heterocycles. The second kappa shape index (κ2) is 4.72. The molecule has 1 saturated carbocycles. The zero-order valence-corrected chi connectivity index (χ0v) is 9.98. The first-order valence-electron chi connectivity index (χ1n) is 5.91. The molecule has 1 aliphatic rings. The molecule has 0 radical (unpaired) electrons. The molecule has 2 rings (SSSR count). The van der Waals surface area contributed by atoms with E-state index in [0.29, 0.717) is 5.56 Å². The molecule has 1 fully saturated rings. The lowest BCUT2D eigenvalue weighted by Gasteiger charge is -2.30. The summed E-state index contributed by atoms with van der Waals surface area (Å²) in [5, 5.41) is 21.5. The lowest BCUT2D eigenvalue weighted by molar-refractivity contribution is 0.139. The van der Waals surface area contributed by atoms with E-state index >= 15 is 0 Å². The van der Waals surface area contributed by atoms with Crippen LogP contribution < -0.4 is 5.32 Å². The summed E-state index contributed by atoms with van der Waals surface area (Å²) in [6.07, 6.45) is 4.79. The Morgan fingerprint density at radius 1 is 1.65 bits per heavy atom. The van der Waals surface area contributed by atoms with Gasteiger partial charge in [-0.25, -0.2) is 4.98 Å². The maximum Gasteiger partial charge on any atom is 0.126 e. The average molecular weight is 231 g/mol. The number of rotatable bonds is 3. The van der Waals surface area contributed by atoms with Crippen LogP contribution in [-0.4, -0.2) is 22.7 Å². The van der Waals surface area contributed by atoms with E-state index < -0.39 is 0 Å². The first kappa shape index (κ1) is 11.9. The summed E-state index contributed by atoms with van der Waals surface area (Å²) in [6.45, 7) is 2.29. The Hall–Kier alpha value is -1.60. The van der Waals surface area contributed by atoms with Gasteiger partial charge in [0.05, 0.1) is 12.2 Å². The van der Waals surface area contributed by atoms with Gasteiger partial charge in [0, 0.05) is 17.7 Å². The Morgan fingerprint density at radius 3 is 3.06 bits per heavy atom. The van der Waals surface area contributed by atoms with Crippen molar-refractivity contribution in [1.29, 1.82) is 5.26 Å². The Morgan fingerprint density at radius 2 is 2.47 bits per heavy atom. The van der Waals surface area contributed by atoms with Crippen LogP contribution in [0.15, 0.2) is 18.3 Å². The zero-order valence-electron chi connectivity index (χ0n) is 9.98. The summed E-state index contributed by atoms with van der Waals surface area (Å²) in [4.78, 5) is 4.20. The minimum Gasteiger partial charge on any atom is -0.396 e. The third kappa shape index (κ3) is 2.40. The molecule has 0 saturated heterocycles. The van der Waals surface area contributed by atoms with Gasteiger partial charge >= 0.3 is 0 Å². The van der Waals surface area contributed by atoms with Crippen LogP contribution in [0.1, 0.15) is 31.7 Å². The highest BCUT2D eigenvalue weighted by Crippen LogP contribution is 2.38. The number of anilines is 1.